The second-order valence-electron chi connectivity index (χ2n) is 24.5. The third-order valence-corrected chi connectivity index (χ3v) is 20.3. The maximum Gasteiger partial charge on any atom is 0.252 e. The zero-order chi connectivity index (χ0) is 58.1. The molecule has 0 radical (unpaired) electrons. The van der Waals surface area contributed by atoms with Crippen molar-refractivity contribution in [2.45, 2.75) is 26.6 Å². The van der Waals surface area contributed by atoms with Gasteiger partial charge in [0.15, 0.2) is 0 Å². The van der Waals surface area contributed by atoms with Crippen LogP contribution in [0.25, 0.3) is 21.5 Å². The first-order valence-electron chi connectivity index (χ1n) is 30.2. The smallest absolute Gasteiger partial charge is 0.252 e. The van der Waals surface area contributed by atoms with E-state index in [-0.39, 0.29) is 13.4 Å². The van der Waals surface area contributed by atoms with Crippen molar-refractivity contribution in [2.24, 2.45) is 0 Å². The number of hydrogen-bond donors (Lipinski definition) is 0. The Labute approximate surface area is 509 Å². The van der Waals surface area contributed by atoms with Crippen LogP contribution in [0, 0.1) is 6.92 Å². The Morgan fingerprint density at radius 1 is 0.299 bits per heavy atom. The quantitative estimate of drug-likeness (QED) is 0.134. The molecule has 0 aromatic heterocycles. The molecule has 0 saturated carbocycles. The lowest BCUT2D eigenvalue weighted by Gasteiger charge is -2.47. The monoisotopic (exact) mass is 1130 g/mol. The van der Waals surface area contributed by atoms with Gasteiger partial charge in [0.1, 0.15) is 23.0 Å². The fourth-order valence-electron chi connectivity index (χ4n) is 14.4. The van der Waals surface area contributed by atoms with Crippen molar-refractivity contribution in [3.63, 3.8) is 0 Å². The van der Waals surface area contributed by atoms with Crippen LogP contribution < -0.4 is 67.0 Å². The second kappa shape index (κ2) is 19.8. The highest BCUT2D eigenvalue weighted by Gasteiger charge is 2.49. The summed E-state index contributed by atoms with van der Waals surface area (Å²) in [6, 6.07) is 102. The van der Waals surface area contributed by atoms with Gasteiger partial charge in [-0.25, -0.2) is 0 Å². The molecular formula is C78H58B2N4O2Si. The van der Waals surface area contributed by atoms with Gasteiger partial charge in [0, 0.05) is 67.6 Å². The fourth-order valence-corrected chi connectivity index (χ4v) is 15.5. The molecule has 17 rings (SSSR count). The summed E-state index contributed by atoms with van der Waals surface area (Å²) in [4.78, 5) is 10.2. The summed E-state index contributed by atoms with van der Waals surface area (Å²) in [5.41, 5.74) is 22.4. The first-order chi connectivity index (χ1) is 42.7. The number of hydrogen-bond acceptors (Lipinski definition) is 6. The Bertz CT molecular complexity index is 4890. The molecule has 0 aliphatic carbocycles. The molecule has 13 aromatic rings. The van der Waals surface area contributed by atoms with E-state index in [0.29, 0.717) is 0 Å². The minimum atomic E-state index is -1.62. The minimum absolute atomic E-state index is 0.149. The molecule has 0 saturated heterocycles. The number of aryl methyl sites for hydroxylation is 1. The summed E-state index contributed by atoms with van der Waals surface area (Å²) in [6.07, 6.45) is 0. The molecule has 4 aliphatic rings. The van der Waals surface area contributed by atoms with Crippen LogP contribution in [-0.2, 0) is 0 Å². The number of benzene rings is 13. The minimum Gasteiger partial charge on any atom is -0.457 e. The van der Waals surface area contributed by atoms with Crippen LogP contribution in [-0.4, -0.2) is 21.5 Å². The summed E-state index contributed by atoms with van der Waals surface area (Å²) in [6.45, 7) is 9.15. The van der Waals surface area contributed by atoms with Crippen LogP contribution in [0.2, 0.25) is 19.6 Å². The van der Waals surface area contributed by atoms with Gasteiger partial charge >= 0.3 is 0 Å². The summed E-state index contributed by atoms with van der Waals surface area (Å²) in [5, 5.41) is 5.90. The molecule has 4 aliphatic heterocycles. The van der Waals surface area contributed by atoms with Gasteiger partial charge in [-0.3, -0.25) is 0 Å². The largest absolute Gasteiger partial charge is 0.457 e. The molecule has 412 valence electrons. The fraction of sp³-hybridized carbons (Fsp3) is 0.0513. The first-order valence-corrected chi connectivity index (χ1v) is 33.7. The Balaban J connectivity index is 0.980. The average Bonchev–Trinajstić information content (AvgIpc) is 0.712. The van der Waals surface area contributed by atoms with E-state index in [0.717, 1.165) is 107 Å². The van der Waals surface area contributed by atoms with Crippen molar-refractivity contribution in [3.8, 4) is 23.0 Å². The number of nitrogens with zero attached hydrogens (tertiary/aromatic N) is 4. The highest BCUT2D eigenvalue weighted by atomic mass is 28.3. The summed E-state index contributed by atoms with van der Waals surface area (Å²) in [5.74, 6) is 3.16. The molecule has 87 heavy (non-hydrogen) atoms. The van der Waals surface area contributed by atoms with Gasteiger partial charge in [-0.05, 0) is 190 Å². The van der Waals surface area contributed by atoms with E-state index in [2.05, 4.69) is 265 Å². The van der Waals surface area contributed by atoms with Crippen LogP contribution in [0.15, 0.2) is 279 Å². The van der Waals surface area contributed by atoms with Crippen molar-refractivity contribution in [3.05, 3.63) is 285 Å². The lowest BCUT2D eigenvalue weighted by atomic mass is 9.30. The summed E-state index contributed by atoms with van der Waals surface area (Å²) >= 11 is 0. The average molecular weight is 1130 g/mol. The molecule has 0 atom stereocenters. The van der Waals surface area contributed by atoms with Gasteiger partial charge in [-0.1, -0.05) is 170 Å². The van der Waals surface area contributed by atoms with E-state index in [1.807, 2.05) is 60.7 Å². The van der Waals surface area contributed by atoms with Gasteiger partial charge in [0.05, 0.1) is 19.4 Å². The number of para-hydroxylation sites is 6. The van der Waals surface area contributed by atoms with Crippen LogP contribution in [0.5, 0.6) is 23.0 Å². The third kappa shape index (κ3) is 8.17. The van der Waals surface area contributed by atoms with Crippen molar-refractivity contribution in [1.29, 1.82) is 0 Å². The Morgan fingerprint density at radius 3 is 1.13 bits per heavy atom. The molecule has 0 amide bonds. The van der Waals surface area contributed by atoms with E-state index < -0.39 is 8.07 Å². The van der Waals surface area contributed by atoms with Gasteiger partial charge in [-0.15, -0.1) is 0 Å². The van der Waals surface area contributed by atoms with Crippen LogP contribution in [0.1, 0.15) is 5.56 Å². The van der Waals surface area contributed by atoms with Crippen molar-refractivity contribution >= 4 is 149 Å². The molecule has 13 aromatic carbocycles. The van der Waals surface area contributed by atoms with E-state index in [1.54, 1.807) is 0 Å². The first kappa shape index (κ1) is 51.0. The predicted octanol–water partition coefficient (Wildman–Crippen LogP) is 16.6. The molecule has 0 unspecified atom stereocenters. The van der Waals surface area contributed by atoms with Gasteiger partial charge in [0.25, 0.3) is 13.4 Å². The zero-order valence-electron chi connectivity index (χ0n) is 48.8. The van der Waals surface area contributed by atoms with Crippen LogP contribution in [0.3, 0.4) is 0 Å². The predicted molar refractivity (Wildman–Crippen MR) is 370 cm³/mol. The number of anilines is 12. The lowest BCUT2D eigenvalue weighted by molar-refractivity contribution is 0.483. The molecule has 6 nitrogen and oxygen atoms in total. The van der Waals surface area contributed by atoms with Crippen LogP contribution >= 0.6 is 0 Å². The topological polar surface area (TPSA) is 31.4 Å². The van der Waals surface area contributed by atoms with Crippen LogP contribution in [0.4, 0.5) is 68.2 Å². The molecular weight excluding hydrogens is 1070 g/mol. The Hall–Kier alpha value is -10.5. The summed E-state index contributed by atoms with van der Waals surface area (Å²) < 4.78 is 13.3. The van der Waals surface area contributed by atoms with E-state index in [4.69, 9.17) is 9.47 Å². The molecule has 0 spiro atoms. The highest BCUT2D eigenvalue weighted by molar-refractivity contribution is 7.03. The second-order valence-corrected chi connectivity index (χ2v) is 29.6. The highest BCUT2D eigenvalue weighted by Crippen LogP contribution is 2.52. The van der Waals surface area contributed by atoms with Crippen molar-refractivity contribution in [1.82, 2.24) is 0 Å². The zero-order valence-corrected chi connectivity index (χ0v) is 49.8. The maximum atomic E-state index is 6.68. The van der Waals surface area contributed by atoms with Crippen molar-refractivity contribution in [2.75, 3.05) is 19.6 Å². The van der Waals surface area contributed by atoms with Gasteiger partial charge in [0.2, 0.25) is 0 Å². The number of fused-ring (bicyclic) bond motifs is 12. The molecule has 0 bridgehead atoms. The summed E-state index contributed by atoms with van der Waals surface area (Å²) in [7, 11) is -1.62. The van der Waals surface area contributed by atoms with Gasteiger partial charge in [-0.2, -0.15) is 0 Å². The molecule has 0 fully saturated rings. The maximum absolute atomic E-state index is 6.68. The number of ether oxygens (including phenoxy) is 2. The lowest BCUT2D eigenvalue weighted by Crippen LogP contribution is -2.65. The van der Waals surface area contributed by atoms with E-state index in [9.17, 15) is 0 Å². The molecule has 9 heteroatoms. The van der Waals surface area contributed by atoms with E-state index >= 15 is 0 Å². The van der Waals surface area contributed by atoms with Gasteiger partial charge < -0.3 is 29.1 Å². The Morgan fingerprint density at radius 2 is 0.690 bits per heavy atom. The SMILES string of the molecule is Cc1ccc(N2c3ccccc3B3c4cc5c(cc4N(c4ccccc4)c4c3c2cc2cc(Oc3ccccc3)ccc42)N(c2ccccc2)c2c3c(cc4cc(Oc6ccccc6)ccc24)N(c2ccc([Si](C)(C)C)cc2)c2ccccc2B53)cc1. The standard InChI is InChI=1S/C78H58B2N4O2Si/c1-51-33-35-56(36-34-51)81-69-31-19-17-29-65(69)79-67-49-68-72(50-71(67)83(54-21-9-5-10-22-54)77-63-43-39-60(85-58-25-13-7-14-26-58)45-52(63)47-73(81)75(77)79)84(55-23-11-6-12-24-55)78-64-44-40-61(86-59-27-15-8-16-28-59)46-53(64)48-74-76(78)80(68)66-30-18-20-32-70(66)82(74)57-37-41-62(42-38-57)87(2,3)4/h5-50H,1-4H3. The number of rotatable bonds is 9. The normalized spacial score (nSPS) is 13.4. The van der Waals surface area contributed by atoms with Crippen molar-refractivity contribution < 1.29 is 9.47 Å². The molecule has 4 heterocycles. The molecule has 0 N–H and O–H groups in total. The third-order valence-electron chi connectivity index (χ3n) is 18.2. The van der Waals surface area contributed by atoms with E-state index in [1.165, 1.54) is 49.2 Å². The Kier molecular flexibility index (Phi) is 11.6.